The molecule has 2 aromatic carbocycles. The summed E-state index contributed by atoms with van der Waals surface area (Å²) in [6, 6.07) is 13.6. The van der Waals surface area contributed by atoms with Crippen LogP contribution in [0.3, 0.4) is 0 Å². The predicted octanol–water partition coefficient (Wildman–Crippen LogP) is 4.18. The zero-order chi connectivity index (χ0) is 14.4. The zero-order valence-corrected chi connectivity index (χ0v) is 11.3. The number of allylic oxidation sites excluding steroid dienone is 1. The highest BCUT2D eigenvalue weighted by atomic mass is 35.5. The SMILES string of the molecule is O=C(Cl)/C=C/c1cccc(OCc2ccccc2F)c1. The molecule has 0 atom stereocenters. The quantitative estimate of drug-likeness (QED) is 0.610. The molecule has 0 fully saturated rings. The molecule has 0 heterocycles. The molecule has 0 aromatic heterocycles. The second-order valence-electron chi connectivity index (χ2n) is 4.09. The number of rotatable bonds is 5. The van der Waals surface area contributed by atoms with Crippen LogP contribution in [-0.2, 0) is 11.4 Å². The van der Waals surface area contributed by atoms with E-state index < -0.39 is 5.24 Å². The van der Waals surface area contributed by atoms with Crippen LogP contribution in [0.1, 0.15) is 11.1 Å². The minimum atomic E-state index is -0.539. The van der Waals surface area contributed by atoms with Crippen molar-refractivity contribution in [2.24, 2.45) is 0 Å². The first kappa shape index (κ1) is 14.3. The lowest BCUT2D eigenvalue weighted by molar-refractivity contribution is -0.107. The Hall–Kier alpha value is -2.13. The molecule has 0 N–H and O–H groups in total. The highest BCUT2D eigenvalue weighted by Crippen LogP contribution is 2.17. The number of benzene rings is 2. The van der Waals surface area contributed by atoms with E-state index in [4.69, 9.17) is 16.3 Å². The van der Waals surface area contributed by atoms with Gasteiger partial charge in [-0.15, -0.1) is 0 Å². The van der Waals surface area contributed by atoms with Gasteiger partial charge in [0.1, 0.15) is 18.2 Å². The van der Waals surface area contributed by atoms with Crippen molar-refractivity contribution < 1.29 is 13.9 Å². The maximum atomic E-state index is 13.4. The normalized spacial score (nSPS) is 10.7. The van der Waals surface area contributed by atoms with Crippen molar-refractivity contribution >= 4 is 22.9 Å². The van der Waals surface area contributed by atoms with E-state index >= 15 is 0 Å². The fourth-order valence-electron chi connectivity index (χ4n) is 1.65. The average molecular weight is 291 g/mol. The Morgan fingerprint density at radius 2 is 2.00 bits per heavy atom. The highest BCUT2D eigenvalue weighted by molar-refractivity contribution is 6.66. The first-order chi connectivity index (χ1) is 9.65. The third-order valence-corrected chi connectivity index (χ3v) is 2.74. The molecule has 102 valence electrons. The summed E-state index contributed by atoms with van der Waals surface area (Å²) in [6.07, 6.45) is 2.85. The van der Waals surface area contributed by atoms with Crippen LogP contribution >= 0.6 is 11.6 Å². The third-order valence-electron chi connectivity index (χ3n) is 2.62. The standard InChI is InChI=1S/C16H12ClFO2/c17-16(19)9-8-12-4-3-6-14(10-12)20-11-13-5-1-2-7-15(13)18/h1-10H,11H2/b9-8+. The van der Waals surface area contributed by atoms with Crippen molar-refractivity contribution in [2.45, 2.75) is 6.61 Å². The van der Waals surface area contributed by atoms with Crippen molar-refractivity contribution in [1.29, 1.82) is 0 Å². The van der Waals surface area contributed by atoms with Crippen LogP contribution < -0.4 is 4.74 Å². The van der Waals surface area contributed by atoms with Crippen LogP contribution in [0.25, 0.3) is 6.08 Å². The van der Waals surface area contributed by atoms with Gasteiger partial charge in [-0.05, 0) is 41.4 Å². The molecule has 20 heavy (non-hydrogen) atoms. The molecule has 0 bridgehead atoms. The molecule has 0 saturated heterocycles. The topological polar surface area (TPSA) is 26.3 Å². The Labute approximate surface area is 121 Å². The fourth-order valence-corrected chi connectivity index (χ4v) is 1.71. The Morgan fingerprint density at radius 1 is 1.20 bits per heavy atom. The lowest BCUT2D eigenvalue weighted by atomic mass is 10.2. The molecular weight excluding hydrogens is 279 g/mol. The van der Waals surface area contributed by atoms with Crippen molar-refractivity contribution in [3.63, 3.8) is 0 Å². The van der Waals surface area contributed by atoms with Gasteiger partial charge < -0.3 is 4.74 Å². The van der Waals surface area contributed by atoms with E-state index in [0.29, 0.717) is 11.3 Å². The molecule has 4 heteroatoms. The van der Waals surface area contributed by atoms with Gasteiger partial charge in [0.05, 0.1) is 0 Å². The molecule has 0 amide bonds. The lowest BCUT2D eigenvalue weighted by Gasteiger charge is -2.07. The summed E-state index contributed by atoms with van der Waals surface area (Å²) in [5.41, 5.74) is 1.27. The second-order valence-corrected chi connectivity index (χ2v) is 4.46. The van der Waals surface area contributed by atoms with Gasteiger partial charge in [0.2, 0.25) is 5.24 Å². The molecule has 0 aliphatic rings. The van der Waals surface area contributed by atoms with E-state index in [1.165, 1.54) is 12.1 Å². The molecule has 2 rings (SSSR count). The number of halogens is 2. The van der Waals surface area contributed by atoms with Crippen molar-refractivity contribution in [1.82, 2.24) is 0 Å². The van der Waals surface area contributed by atoms with Gasteiger partial charge in [-0.1, -0.05) is 36.4 Å². The van der Waals surface area contributed by atoms with Gasteiger partial charge in [0.15, 0.2) is 0 Å². The number of ether oxygens (including phenoxy) is 1. The Balaban J connectivity index is 2.05. The zero-order valence-electron chi connectivity index (χ0n) is 10.6. The van der Waals surface area contributed by atoms with E-state index in [2.05, 4.69) is 0 Å². The minimum absolute atomic E-state index is 0.147. The number of hydrogen-bond donors (Lipinski definition) is 0. The summed E-state index contributed by atoms with van der Waals surface area (Å²) in [7, 11) is 0. The Bertz CT molecular complexity index is 638. The maximum absolute atomic E-state index is 13.4. The van der Waals surface area contributed by atoms with Gasteiger partial charge >= 0.3 is 0 Å². The van der Waals surface area contributed by atoms with Crippen molar-refractivity contribution in [3.8, 4) is 5.75 Å². The summed E-state index contributed by atoms with van der Waals surface area (Å²) < 4.78 is 19.0. The van der Waals surface area contributed by atoms with Gasteiger partial charge in [-0.3, -0.25) is 4.79 Å². The van der Waals surface area contributed by atoms with Crippen LogP contribution in [0.15, 0.2) is 54.6 Å². The summed E-state index contributed by atoms with van der Waals surface area (Å²) in [5.74, 6) is 0.300. The van der Waals surface area contributed by atoms with E-state index in [1.807, 2.05) is 6.07 Å². The molecule has 0 unspecified atom stereocenters. The summed E-state index contributed by atoms with van der Waals surface area (Å²) in [5, 5.41) is -0.539. The van der Waals surface area contributed by atoms with E-state index in [0.717, 1.165) is 5.56 Å². The average Bonchev–Trinajstić information content (AvgIpc) is 2.45. The monoisotopic (exact) mass is 290 g/mol. The van der Waals surface area contributed by atoms with E-state index in [1.54, 1.807) is 42.5 Å². The van der Waals surface area contributed by atoms with Crippen LogP contribution in [0.4, 0.5) is 4.39 Å². The molecule has 2 aromatic rings. The van der Waals surface area contributed by atoms with Crippen LogP contribution in [0.2, 0.25) is 0 Å². The molecule has 0 spiro atoms. The van der Waals surface area contributed by atoms with Gasteiger partial charge in [0.25, 0.3) is 0 Å². The molecule has 2 nitrogen and oxygen atoms in total. The predicted molar refractivity (Wildman–Crippen MR) is 77.1 cm³/mol. The molecule has 0 aliphatic carbocycles. The second kappa shape index (κ2) is 6.87. The smallest absolute Gasteiger partial charge is 0.245 e. The summed E-state index contributed by atoms with van der Waals surface area (Å²) >= 11 is 5.23. The summed E-state index contributed by atoms with van der Waals surface area (Å²) in [4.78, 5) is 10.7. The number of hydrogen-bond acceptors (Lipinski definition) is 2. The largest absolute Gasteiger partial charge is 0.489 e. The lowest BCUT2D eigenvalue weighted by Crippen LogP contribution is -1.98. The van der Waals surface area contributed by atoms with Crippen LogP contribution in [0.5, 0.6) is 5.75 Å². The van der Waals surface area contributed by atoms with Crippen molar-refractivity contribution in [2.75, 3.05) is 0 Å². The number of carbonyl (C=O) groups excluding carboxylic acids is 1. The van der Waals surface area contributed by atoms with Gasteiger partial charge in [0, 0.05) is 5.56 Å². The van der Waals surface area contributed by atoms with Crippen molar-refractivity contribution in [3.05, 3.63) is 71.6 Å². The third kappa shape index (κ3) is 4.21. The minimum Gasteiger partial charge on any atom is -0.489 e. The molecular formula is C16H12ClFO2. The first-order valence-electron chi connectivity index (χ1n) is 5.99. The molecule has 0 aliphatic heterocycles. The highest BCUT2D eigenvalue weighted by Gasteiger charge is 2.02. The van der Waals surface area contributed by atoms with Gasteiger partial charge in [-0.25, -0.2) is 4.39 Å². The maximum Gasteiger partial charge on any atom is 0.245 e. The Morgan fingerprint density at radius 3 is 2.75 bits per heavy atom. The molecule has 0 saturated carbocycles. The van der Waals surface area contributed by atoms with Gasteiger partial charge in [-0.2, -0.15) is 0 Å². The Kier molecular flexibility index (Phi) is 4.91. The van der Waals surface area contributed by atoms with E-state index in [9.17, 15) is 9.18 Å². The number of carbonyl (C=O) groups is 1. The fraction of sp³-hybridized carbons (Fsp3) is 0.0625. The van der Waals surface area contributed by atoms with E-state index in [-0.39, 0.29) is 12.4 Å². The van der Waals surface area contributed by atoms with Crippen LogP contribution in [-0.4, -0.2) is 5.24 Å². The van der Waals surface area contributed by atoms with Crippen LogP contribution in [0, 0.1) is 5.82 Å². The summed E-state index contributed by atoms with van der Waals surface area (Å²) in [6.45, 7) is 0.147. The molecule has 0 radical (unpaired) electrons. The first-order valence-corrected chi connectivity index (χ1v) is 6.37.